The molecule has 0 aromatic heterocycles. The minimum Gasteiger partial charge on any atom is -0.394 e. The number of nitrogens with one attached hydrogen (secondary N) is 1. The smallest absolute Gasteiger partial charge is 0.222 e. The zero-order valence-electron chi connectivity index (χ0n) is 31.7. The van der Waals surface area contributed by atoms with Gasteiger partial charge in [0.25, 0.3) is 0 Å². The SMILES string of the molecule is CCCCCCCCCCC/C=C\CCCCCCCC(O)CC(=O)NC(CO)C(O)CCCCCCCCCCCCCCCC. The summed E-state index contributed by atoms with van der Waals surface area (Å²) in [7, 11) is 0. The van der Waals surface area contributed by atoms with Gasteiger partial charge in [-0.1, -0.05) is 193 Å². The van der Waals surface area contributed by atoms with E-state index in [4.69, 9.17) is 0 Å². The number of allylic oxidation sites excluding steroid dienone is 2. The molecule has 3 atom stereocenters. The Balaban J connectivity index is 3.63. The summed E-state index contributed by atoms with van der Waals surface area (Å²) < 4.78 is 0. The van der Waals surface area contributed by atoms with Crippen LogP contribution >= 0.6 is 0 Å². The molecule has 0 aliphatic rings. The van der Waals surface area contributed by atoms with Crippen LogP contribution in [-0.4, -0.2) is 46.1 Å². The predicted molar refractivity (Wildman–Crippen MR) is 204 cm³/mol. The van der Waals surface area contributed by atoms with Crippen LogP contribution < -0.4 is 5.32 Å². The third-order valence-corrected chi connectivity index (χ3v) is 9.83. The first-order valence-electron chi connectivity index (χ1n) is 21.0. The zero-order chi connectivity index (χ0) is 34.5. The largest absolute Gasteiger partial charge is 0.394 e. The van der Waals surface area contributed by atoms with Crippen LogP contribution in [0.25, 0.3) is 0 Å². The van der Waals surface area contributed by atoms with E-state index in [0.717, 1.165) is 32.1 Å². The van der Waals surface area contributed by atoms with Gasteiger partial charge in [-0.2, -0.15) is 0 Å². The van der Waals surface area contributed by atoms with Crippen molar-refractivity contribution in [3.63, 3.8) is 0 Å². The molecule has 0 spiro atoms. The van der Waals surface area contributed by atoms with E-state index in [9.17, 15) is 20.1 Å². The Hall–Kier alpha value is -0.910. The van der Waals surface area contributed by atoms with Crippen molar-refractivity contribution in [3.05, 3.63) is 12.2 Å². The van der Waals surface area contributed by atoms with Crippen LogP contribution in [0.3, 0.4) is 0 Å². The predicted octanol–water partition coefficient (Wildman–Crippen LogP) is 11.7. The highest BCUT2D eigenvalue weighted by Crippen LogP contribution is 2.16. The Morgan fingerprint density at radius 3 is 1.23 bits per heavy atom. The number of carbonyl (C=O) groups is 1. The van der Waals surface area contributed by atoms with Crippen molar-refractivity contribution in [2.24, 2.45) is 0 Å². The average Bonchev–Trinajstić information content (AvgIpc) is 3.06. The Morgan fingerprint density at radius 1 is 0.511 bits per heavy atom. The molecule has 280 valence electrons. The van der Waals surface area contributed by atoms with Gasteiger partial charge in [-0.15, -0.1) is 0 Å². The monoisotopic (exact) mass is 666 g/mol. The molecule has 1 amide bonds. The number of hydrogen-bond donors (Lipinski definition) is 4. The summed E-state index contributed by atoms with van der Waals surface area (Å²) in [6, 6.07) is -0.657. The third kappa shape index (κ3) is 34.7. The summed E-state index contributed by atoms with van der Waals surface area (Å²) in [6.45, 7) is 4.26. The van der Waals surface area contributed by atoms with E-state index in [1.54, 1.807) is 0 Å². The molecule has 0 fully saturated rings. The first kappa shape index (κ1) is 46.1. The molecule has 3 unspecified atom stereocenters. The lowest BCUT2D eigenvalue weighted by molar-refractivity contribution is -0.125. The summed E-state index contributed by atoms with van der Waals surface area (Å²) in [6.07, 6.45) is 43.1. The molecule has 5 nitrogen and oxygen atoms in total. The Labute approximate surface area is 293 Å². The van der Waals surface area contributed by atoms with Crippen LogP contribution in [0.15, 0.2) is 12.2 Å². The van der Waals surface area contributed by atoms with Crippen molar-refractivity contribution in [2.75, 3.05) is 6.61 Å². The van der Waals surface area contributed by atoms with Gasteiger partial charge in [0.05, 0.1) is 31.3 Å². The number of aliphatic hydroxyl groups is 3. The average molecular weight is 666 g/mol. The van der Waals surface area contributed by atoms with Gasteiger partial charge in [-0.25, -0.2) is 0 Å². The Morgan fingerprint density at radius 2 is 0.851 bits per heavy atom. The second-order valence-electron chi connectivity index (χ2n) is 14.6. The van der Waals surface area contributed by atoms with Crippen LogP contribution in [0.4, 0.5) is 0 Å². The molecule has 0 aromatic rings. The Bertz CT molecular complexity index is 655. The summed E-state index contributed by atoms with van der Waals surface area (Å²) >= 11 is 0. The fourth-order valence-electron chi connectivity index (χ4n) is 6.58. The van der Waals surface area contributed by atoms with E-state index in [-0.39, 0.29) is 18.9 Å². The third-order valence-electron chi connectivity index (χ3n) is 9.83. The number of rotatable bonds is 38. The van der Waals surface area contributed by atoms with E-state index in [1.165, 1.54) is 161 Å². The van der Waals surface area contributed by atoms with Crippen LogP contribution in [0.5, 0.6) is 0 Å². The summed E-state index contributed by atoms with van der Waals surface area (Å²) in [5, 5.41) is 33.3. The van der Waals surface area contributed by atoms with Gasteiger partial charge in [-0.05, 0) is 38.5 Å². The van der Waals surface area contributed by atoms with E-state index in [1.807, 2.05) is 0 Å². The first-order chi connectivity index (χ1) is 23.0. The summed E-state index contributed by atoms with van der Waals surface area (Å²) in [4.78, 5) is 12.4. The zero-order valence-corrected chi connectivity index (χ0v) is 31.7. The molecule has 0 bridgehead atoms. The van der Waals surface area contributed by atoms with Crippen LogP contribution in [0, 0.1) is 0 Å². The normalized spacial score (nSPS) is 13.7. The van der Waals surface area contributed by atoms with Crippen molar-refractivity contribution in [1.82, 2.24) is 5.32 Å². The number of unbranched alkanes of at least 4 members (excludes halogenated alkanes) is 27. The van der Waals surface area contributed by atoms with Crippen molar-refractivity contribution in [1.29, 1.82) is 0 Å². The van der Waals surface area contributed by atoms with E-state index in [2.05, 4.69) is 31.3 Å². The van der Waals surface area contributed by atoms with Gasteiger partial charge >= 0.3 is 0 Å². The maximum Gasteiger partial charge on any atom is 0.222 e. The number of carbonyl (C=O) groups excluding carboxylic acids is 1. The second kappa shape index (κ2) is 37.9. The maximum absolute atomic E-state index is 12.4. The molecule has 47 heavy (non-hydrogen) atoms. The topological polar surface area (TPSA) is 89.8 Å². The van der Waals surface area contributed by atoms with Crippen molar-refractivity contribution in [2.45, 2.75) is 244 Å². The fourth-order valence-corrected chi connectivity index (χ4v) is 6.58. The lowest BCUT2D eigenvalue weighted by atomic mass is 10.0. The standard InChI is InChI=1S/C42H83NO4/c1-3-5-7-9-11-13-15-17-19-20-21-22-23-25-27-29-31-33-35-39(45)37-42(47)43-40(38-44)41(46)36-34-32-30-28-26-24-18-16-14-12-10-8-6-4-2/h21-22,39-41,44-46H,3-20,23-38H2,1-2H3,(H,43,47)/b22-21-. The van der Waals surface area contributed by atoms with Crippen molar-refractivity contribution >= 4 is 5.91 Å². The minimum absolute atomic E-state index is 0.0336. The summed E-state index contributed by atoms with van der Waals surface area (Å²) in [5.41, 5.74) is 0. The molecule has 5 heteroatoms. The van der Waals surface area contributed by atoms with Gasteiger partial charge < -0.3 is 20.6 Å². The van der Waals surface area contributed by atoms with E-state index >= 15 is 0 Å². The molecule has 0 aliphatic carbocycles. The molecule has 0 saturated heterocycles. The molecule has 0 aliphatic heterocycles. The van der Waals surface area contributed by atoms with Gasteiger partial charge in [0.15, 0.2) is 0 Å². The molecule has 0 aromatic carbocycles. The first-order valence-corrected chi connectivity index (χ1v) is 21.0. The van der Waals surface area contributed by atoms with E-state index < -0.39 is 18.2 Å². The molecule has 0 heterocycles. The van der Waals surface area contributed by atoms with Crippen molar-refractivity contribution < 1.29 is 20.1 Å². The van der Waals surface area contributed by atoms with Crippen LogP contribution in [0.2, 0.25) is 0 Å². The number of aliphatic hydroxyl groups excluding tert-OH is 3. The lowest BCUT2D eigenvalue weighted by Crippen LogP contribution is -2.46. The number of amides is 1. The van der Waals surface area contributed by atoms with E-state index in [0.29, 0.717) is 12.8 Å². The summed E-state index contributed by atoms with van der Waals surface area (Å²) in [5.74, 6) is -0.286. The number of hydrogen-bond acceptors (Lipinski definition) is 4. The Kier molecular flexibility index (Phi) is 37.2. The highest BCUT2D eigenvalue weighted by Gasteiger charge is 2.21. The van der Waals surface area contributed by atoms with Gasteiger partial charge in [0.1, 0.15) is 0 Å². The van der Waals surface area contributed by atoms with Crippen LogP contribution in [-0.2, 0) is 4.79 Å². The van der Waals surface area contributed by atoms with Crippen LogP contribution in [0.1, 0.15) is 226 Å². The molecule has 0 saturated carbocycles. The highest BCUT2D eigenvalue weighted by atomic mass is 16.3. The minimum atomic E-state index is -0.747. The fraction of sp³-hybridized carbons (Fsp3) is 0.929. The van der Waals surface area contributed by atoms with Crippen molar-refractivity contribution in [3.8, 4) is 0 Å². The van der Waals surface area contributed by atoms with Gasteiger partial charge in [0, 0.05) is 0 Å². The lowest BCUT2D eigenvalue weighted by Gasteiger charge is -2.23. The highest BCUT2D eigenvalue weighted by molar-refractivity contribution is 5.76. The second-order valence-corrected chi connectivity index (χ2v) is 14.6. The molecular weight excluding hydrogens is 582 g/mol. The molecule has 0 rings (SSSR count). The molecule has 4 N–H and O–H groups in total. The maximum atomic E-state index is 12.4. The quantitative estimate of drug-likeness (QED) is 0.0390. The molecule has 0 radical (unpaired) electrons. The molecular formula is C42H83NO4. The van der Waals surface area contributed by atoms with Gasteiger partial charge in [0.2, 0.25) is 5.91 Å². The van der Waals surface area contributed by atoms with Gasteiger partial charge in [-0.3, -0.25) is 4.79 Å².